The number of benzene rings is 3. The van der Waals surface area contributed by atoms with Crippen molar-refractivity contribution in [2.24, 2.45) is 5.92 Å². The molecular weight excluding hydrogens is 388 g/mol. The van der Waals surface area contributed by atoms with E-state index in [4.69, 9.17) is 0 Å². The van der Waals surface area contributed by atoms with Crippen LogP contribution in [0.25, 0.3) is 21.5 Å². The molecule has 31 heavy (non-hydrogen) atoms. The lowest BCUT2D eigenvalue weighted by atomic mass is 9.80. The van der Waals surface area contributed by atoms with E-state index < -0.39 is 17.9 Å². The minimum absolute atomic E-state index is 0.0429. The number of Topliss-reactive ketones (excluding diaryl/α,β-unsaturated/α-hetero) is 1. The molecule has 0 aliphatic carbocycles. The normalized spacial score (nSPS) is 23.2. The fourth-order valence-electron chi connectivity index (χ4n) is 5.59. The van der Waals surface area contributed by atoms with Crippen LogP contribution in [-0.4, -0.2) is 53.5 Å². The molecule has 5 rings (SSSR count). The first kappa shape index (κ1) is 20.2. The van der Waals surface area contributed by atoms with Crippen LogP contribution in [0.5, 0.6) is 0 Å². The van der Waals surface area contributed by atoms with E-state index in [1.807, 2.05) is 48.5 Å². The van der Waals surface area contributed by atoms with Gasteiger partial charge in [0.1, 0.15) is 0 Å². The Kier molecular flexibility index (Phi) is 5.47. The second-order valence-corrected chi connectivity index (χ2v) is 8.81. The molecule has 2 heterocycles. The lowest BCUT2D eigenvalue weighted by molar-refractivity contribution is -0.145. The van der Waals surface area contributed by atoms with Crippen LogP contribution in [0.3, 0.4) is 0 Å². The van der Waals surface area contributed by atoms with Gasteiger partial charge in [0.25, 0.3) is 0 Å². The molecule has 0 spiro atoms. The second-order valence-electron chi connectivity index (χ2n) is 8.81. The Labute approximate surface area is 182 Å². The summed E-state index contributed by atoms with van der Waals surface area (Å²) in [6.45, 7) is 2.61. The molecule has 2 atom stereocenters. The Morgan fingerprint density at radius 1 is 0.903 bits per heavy atom. The molecule has 5 nitrogen and oxygen atoms in total. The molecule has 0 amide bonds. The summed E-state index contributed by atoms with van der Waals surface area (Å²) >= 11 is 0. The van der Waals surface area contributed by atoms with E-state index in [2.05, 4.69) is 16.3 Å². The number of hydrogen-bond acceptors (Lipinski definition) is 4. The number of carbonyl (C=O) groups is 2. The fourth-order valence-corrected chi connectivity index (χ4v) is 5.59. The Morgan fingerprint density at radius 3 is 2.13 bits per heavy atom. The van der Waals surface area contributed by atoms with Crippen molar-refractivity contribution in [3.8, 4) is 0 Å². The third-order valence-electron chi connectivity index (χ3n) is 7.05. The highest BCUT2D eigenvalue weighted by atomic mass is 16.4. The average Bonchev–Trinajstić information content (AvgIpc) is 2.82. The van der Waals surface area contributed by atoms with E-state index in [-0.39, 0.29) is 11.8 Å². The zero-order chi connectivity index (χ0) is 21.4. The van der Waals surface area contributed by atoms with E-state index in [0.717, 1.165) is 60.4 Å². The number of nitrogens with one attached hydrogen (secondary N) is 1. The van der Waals surface area contributed by atoms with Crippen molar-refractivity contribution in [3.63, 3.8) is 0 Å². The maximum absolute atomic E-state index is 14.3. The fraction of sp³-hybridized carbons (Fsp3) is 0.385. The molecule has 2 unspecified atom stereocenters. The summed E-state index contributed by atoms with van der Waals surface area (Å²) in [7, 11) is 0. The molecule has 3 aromatic rings. The zero-order valence-electron chi connectivity index (χ0n) is 17.6. The van der Waals surface area contributed by atoms with Gasteiger partial charge in [-0.2, -0.15) is 0 Å². The van der Waals surface area contributed by atoms with Crippen molar-refractivity contribution >= 4 is 33.3 Å². The van der Waals surface area contributed by atoms with Crippen LogP contribution in [0.4, 0.5) is 0 Å². The van der Waals surface area contributed by atoms with Gasteiger partial charge < -0.3 is 10.4 Å². The molecule has 2 aliphatic rings. The van der Waals surface area contributed by atoms with Crippen LogP contribution in [-0.2, 0) is 4.79 Å². The molecule has 0 radical (unpaired) electrons. The summed E-state index contributed by atoms with van der Waals surface area (Å²) in [4.78, 5) is 28.8. The van der Waals surface area contributed by atoms with E-state index >= 15 is 0 Å². The number of likely N-dealkylation sites (tertiary alicyclic amines) is 1. The van der Waals surface area contributed by atoms with E-state index in [1.54, 1.807) is 0 Å². The molecule has 5 heteroatoms. The van der Waals surface area contributed by atoms with Crippen molar-refractivity contribution in [1.29, 1.82) is 0 Å². The molecule has 0 aromatic heterocycles. The standard InChI is InChI=1S/C26H28N2O3/c29-25(23-20-8-3-1-6-17(20)16-18-7-2-4-9-21(18)23)24-22(26(30)31)10-5-15-28(24)19-11-13-27-14-12-19/h1-4,6-9,16,19,22,24,27H,5,10-15H2,(H,30,31). The van der Waals surface area contributed by atoms with Gasteiger partial charge in [0.15, 0.2) is 5.78 Å². The molecular formula is C26H28N2O3. The maximum Gasteiger partial charge on any atom is 0.308 e. The Bertz CT molecular complexity index is 1080. The monoisotopic (exact) mass is 416 g/mol. The number of aliphatic carboxylic acids is 1. The molecule has 2 N–H and O–H groups in total. The minimum Gasteiger partial charge on any atom is -0.481 e. The molecule has 2 saturated heterocycles. The van der Waals surface area contributed by atoms with Gasteiger partial charge >= 0.3 is 5.97 Å². The first-order valence-electron chi connectivity index (χ1n) is 11.3. The first-order chi connectivity index (χ1) is 15.1. The van der Waals surface area contributed by atoms with Gasteiger partial charge in [0, 0.05) is 11.6 Å². The van der Waals surface area contributed by atoms with Gasteiger partial charge in [-0.05, 0) is 72.9 Å². The largest absolute Gasteiger partial charge is 0.481 e. The number of fused-ring (bicyclic) bond motifs is 2. The van der Waals surface area contributed by atoms with Gasteiger partial charge in [0.2, 0.25) is 0 Å². The van der Waals surface area contributed by atoms with Crippen molar-refractivity contribution in [1.82, 2.24) is 10.2 Å². The highest BCUT2D eigenvalue weighted by Gasteiger charge is 2.44. The highest BCUT2D eigenvalue weighted by Crippen LogP contribution is 2.35. The Hall–Kier alpha value is -2.76. The topological polar surface area (TPSA) is 69.6 Å². The molecule has 0 saturated carbocycles. The minimum atomic E-state index is -0.860. The highest BCUT2D eigenvalue weighted by molar-refractivity contribution is 6.21. The second kappa shape index (κ2) is 8.40. The number of carboxylic acids is 1. The maximum atomic E-state index is 14.3. The van der Waals surface area contributed by atoms with Gasteiger partial charge in [0.05, 0.1) is 12.0 Å². The number of rotatable bonds is 4. The molecule has 0 bridgehead atoms. The summed E-state index contributed by atoms with van der Waals surface area (Å²) in [6.07, 6.45) is 3.27. The van der Waals surface area contributed by atoms with E-state index in [0.29, 0.717) is 12.0 Å². The average molecular weight is 417 g/mol. The number of carboxylic acid groups (broad SMARTS) is 1. The third kappa shape index (κ3) is 3.62. The summed E-state index contributed by atoms with van der Waals surface area (Å²) in [5, 5.41) is 17.3. The van der Waals surface area contributed by atoms with E-state index in [9.17, 15) is 14.7 Å². The van der Waals surface area contributed by atoms with Crippen LogP contribution < -0.4 is 5.32 Å². The molecule has 3 aromatic carbocycles. The predicted octanol–water partition coefficient (Wildman–Crippen LogP) is 4.09. The van der Waals surface area contributed by atoms with Crippen molar-refractivity contribution in [2.45, 2.75) is 37.8 Å². The van der Waals surface area contributed by atoms with Crippen LogP contribution in [0, 0.1) is 5.92 Å². The van der Waals surface area contributed by atoms with Crippen molar-refractivity contribution in [3.05, 3.63) is 60.2 Å². The Balaban J connectivity index is 1.68. The molecule has 160 valence electrons. The lowest BCUT2D eigenvalue weighted by Crippen LogP contribution is -2.57. The number of carbonyl (C=O) groups excluding carboxylic acids is 1. The van der Waals surface area contributed by atoms with Gasteiger partial charge in [-0.1, -0.05) is 48.5 Å². The van der Waals surface area contributed by atoms with Crippen LogP contribution in [0.2, 0.25) is 0 Å². The van der Waals surface area contributed by atoms with Crippen LogP contribution in [0.1, 0.15) is 36.0 Å². The van der Waals surface area contributed by atoms with Crippen LogP contribution in [0.15, 0.2) is 54.6 Å². The number of nitrogens with zero attached hydrogens (tertiary/aromatic N) is 1. The SMILES string of the molecule is O=C(O)C1CCCN(C2CCNCC2)C1C(=O)c1c2ccccc2cc2ccccc12. The van der Waals surface area contributed by atoms with Gasteiger partial charge in [-0.15, -0.1) is 0 Å². The van der Waals surface area contributed by atoms with E-state index in [1.165, 1.54) is 0 Å². The molecule has 2 fully saturated rings. The quantitative estimate of drug-likeness (QED) is 0.495. The zero-order valence-corrected chi connectivity index (χ0v) is 17.6. The van der Waals surface area contributed by atoms with Crippen molar-refractivity contribution < 1.29 is 14.7 Å². The number of hydrogen-bond donors (Lipinski definition) is 2. The Morgan fingerprint density at radius 2 is 1.52 bits per heavy atom. The predicted molar refractivity (Wildman–Crippen MR) is 123 cm³/mol. The summed E-state index contributed by atoms with van der Waals surface area (Å²) < 4.78 is 0. The van der Waals surface area contributed by atoms with Crippen molar-refractivity contribution in [2.75, 3.05) is 19.6 Å². The number of ketones is 1. The summed E-state index contributed by atoms with van der Waals surface area (Å²) in [5.74, 6) is -1.57. The lowest BCUT2D eigenvalue weighted by Gasteiger charge is -2.44. The number of piperidine rings is 2. The van der Waals surface area contributed by atoms with Crippen LogP contribution >= 0.6 is 0 Å². The summed E-state index contributed by atoms with van der Waals surface area (Å²) in [5.41, 5.74) is 0.672. The van der Waals surface area contributed by atoms with Gasteiger partial charge in [-0.3, -0.25) is 14.5 Å². The van der Waals surface area contributed by atoms with Gasteiger partial charge in [-0.25, -0.2) is 0 Å². The molecule has 2 aliphatic heterocycles. The first-order valence-corrected chi connectivity index (χ1v) is 11.3. The smallest absolute Gasteiger partial charge is 0.308 e. The third-order valence-corrected chi connectivity index (χ3v) is 7.05. The summed E-state index contributed by atoms with van der Waals surface area (Å²) in [6, 6.07) is 17.6.